The van der Waals surface area contributed by atoms with Gasteiger partial charge in [0.1, 0.15) is 11.6 Å². The topological polar surface area (TPSA) is 106 Å². The number of rotatable bonds is 6. The fourth-order valence-electron chi connectivity index (χ4n) is 2.67. The van der Waals surface area contributed by atoms with Crippen molar-refractivity contribution in [2.75, 3.05) is 17.3 Å². The number of nitrogens with two attached hydrogens (primary N) is 1. The van der Waals surface area contributed by atoms with Crippen molar-refractivity contribution < 1.29 is 4.92 Å². The standard InChI is InChI=1S/C13H21N5O2/c14-17-13-9-11(18(19)20)8-12(16-13)15-7-6-10-4-2-1-3-5-10/h8-10H,1-7,14H2,(H2,15,16,17). The second-order valence-corrected chi connectivity index (χ2v) is 5.22. The first-order chi connectivity index (χ1) is 9.69. The number of nitrogen functional groups attached to an aromatic ring is 1. The van der Waals surface area contributed by atoms with Gasteiger partial charge in [-0.25, -0.2) is 10.8 Å². The summed E-state index contributed by atoms with van der Waals surface area (Å²) >= 11 is 0. The molecule has 7 nitrogen and oxygen atoms in total. The van der Waals surface area contributed by atoms with E-state index in [4.69, 9.17) is 5.84 Å². The van der Waals surface area contributed by atoms with Crippen LogP contribution in [0.2, 0.25) is 0 Å². The first kappa shape index (κ1) is 14.5. The number of pyridine rings is 1. The second kappa shape index (κ2) is 7.04. The van der Waals surface area contributed by atoms with Crippen LogP contribution in [0, 0.1) is 16.0 Å². The van der Waals surface area contributed by atoms with E-state index in [1.165, 1.54) is 44.2 Å². The molecule has 0 aliphatic heterocycles. The zero-order chi connectivity index (χ0) is 14.4. The van der Waals surface area contributed by atoms with Crippen LogP contribution in [0.5, 0.6) is 0 Å². The lowest BCUT2D eigenvalue weighted by molar-refractivity contribution is -0.384. The third-order valence-electron chi connectivity index (χ3n) is 3.75. The highest BCUT2D eigenvalue weighted by Crippen LogP contribution is 2.26. The van der Waals surface area contributed by atoms with E-state index >= 15 is 0 Å². The Hall–Kier alpha value is -1.89. The number of nitro groups is 1. The molecule has 20 heavy (non-hydrogen) atoms. The van der Waals surface area contributed by atoms with Crippen LogP contribution in [0.4, 0.5) is 17.3 Å². The molecule has 1 aliphatic rings. The van der Waals surface area contributed by atoms with Gasteiger partial charge < -0.3 is 10.7 Å². The molecule has 1 aromatic heterocycles. The fourth-order valence-corrected chi connectivity index (χ4v) is 2.67. The normalized spacial score (nSPS) is 15.8. The molecule has 7 heteroatoms. The summed E-state index contributed by atoms with van der Waals surface area (Å²) in [5.74, 6) is 6.82. The van der Waals surface area contributed by atoms with E-state index in [1.807, 2.05) is 0 Å². The molecule has 1 saturated carbocycles. The molecule has 0 amide bonds. The van der Waals surface area contributed by atoms with Gasteiger partial charge in [0.15, 0.2) is 0 Å². The average molecular weight is 279 g/mol. The molecule has 1 heterocycles. The van der Waals surface area contributed by atoms with Crippen LogP contribution in [-0.2, 0) is 0 Å². The van der Waals surface area contributed by atoms with Crippen LogP contribution in [0.15, 0.2) is 12.1 Å². The highest BCUT2D eigenvalue weighted by Gasteiger charge is 2.14. The largest absolute Gasteiger partial charge is 0.370 e. The van der Waals surface area contributed by atoms with Crippen molar-refractivity contribution >= 4 is 17.3 Å². The van der Waals surface area contributed by atoms with Gasteiger partial charge in [-0.05, 0) is 12.3 Å². The quantitative estimate of drug-likeness (QED) is 0.420. The van der Waals surface area contributed by atoms with Crippen LogP contribution in [0.3, 0.4) is 0 Å². The zero-order valence-corrected chi connectivity index (χ0v) is 11.5. The molecule has 4 N–H and O–H groups in total. The van der Waals surface area contributed by atoms with Crippen LogP contribution in [0.25, 0.3) is 0 Å². The molecular formula is C13H21N5O2. The number of nitrogens with one attached hydrogen (secondary N) is 2. The number of hydrazine groups is 1. The molecular weight excluding hydrogens is 258 g/mol. The number of nitrogens with zero attached hydrogens (tertiary/aromatic N) is 2. The molecule has 0 spiro atoms. The van der Waals surface area contributed by atoms with E-state index in [0.29, 0.717) is 11.6 Å². The second-order valence-electron chi connectivity index (χ2n) is 5.22. The minimum absolute atomic E-state index is 0.0203. The first-order valence-electron chi connectivity index (χ1n) is 7.06. The monoisotopic (exact) mass is 279 g/mol. The Balaban J connectivity index is 1.91. The van der Waals surface area contributed by atoms with Crippen LogP contribution >= 0.6 is 0 Å². The third-order valence-corrected chi connectivity index (χ3v) is 3.75. The summed E-state index contributed by atoms with van der Waals surface area (Å²) in [5, 5.41) is 14.0. The number of anilines is 2. The van der Waals surface area contributed by atoms with Gasteiger partial charge in [-0.1, -0.05) is 32.1 Å². The van der Waals surface area contributed by atoms with E-state index in [0.717, 1.165) is 18.9 Å². The van der Waals surface area contributed by atoms with E-state index in [-0.39, 0.29) is 5.69 Å². The van der Waals surface area contributed by atoms with Crippen molar-refractivity contribution in [3.8, 4) is 0 Å². The maximum absolute atomic E-state index is 10.8. The van der Waals surface area contributed by atoms with Gasteiger partial charge in [-0.3, -0.25) is 10.1 Å². The summed E-state index contributed by atoms with van der Waals surface area (Å²) in [4.78, 5) is 14.5. The summed E-state index contributed by atoms with van der Waals surface area (Å²) in [6.45, 7) is 0.781. The minimum Gasteiger partial charge on any atom is -0.370 e. The highest BCUT2D eigenvalue weighted by atomic mass is 16.6. The average Bonchev–Trinajstić information content (AvgIpc) is 2.48. The first-order valence-corrected chi connectivity index (χ1v) is 7.06. The summed E-state index contributed by atoms with van der Waals surface area (Å²) in [7, 11) is 0. The van der Waals surface area contributed by atoms with Crippen molar-refractivity contribution in [3.05, 3.63) is 22.2 Å². The number of aromatic nitrogens is 1. The van der Waals surface area contributed by atoms with Crippen molar-refractivity contribution in [1.29, 1.82) is 0 Å². The molecule has 1 aromatic rings. The summed E-state index contributed by atoms with van der Waals surface area (Å²) < 4.78 is 0. The van der Waals surface area contributed by atoms with Gasteiger partial charge >= 0.3 is 0 Å². The summed E-state index contributed by atoms with van der Waals surface area (Å²) in [6.07, 6.45) is 7.65. The lowest BCUT2D eigenvalue weighted by Crippen LogP contribution is -2.14. The molecule has 0 bridgehead atoms. The van der Waals surface area contributed by atoms with Crippen molar-refractivity contribution in [1.82, 2.24) is 4.98 Å². The van der Waals surface area contributed by atoms with Gasteiger partial charge in [0.25, 0.3) is 5.69 Å². The Kier molecular flexibility index (Phi) is 5.11. The highest BCUT2D eigenvalue weighted by molar-refractivity contribution is 5.54. The van der Waals surface area contributed by atoms with Crippen molar-refractivity contribution in [2.24, 2.45) is 11.8 Å². The van der Waals surface area contributed by atoms with Crippen molar-refractivity contribution in [3.63, 3.8) is 0 Å². The van der Waals surface area contributed by atoms with E-state index < -0.39 is 4.92 Å². The molecule has 0 radical (unpaired) electrons. The Morgan fingerprint density at radius 3 is 2.65 bits per heavy atom. The lowest BCUT2D eigenvalue weighted by atomic mass is 9.87. The Morgan fingerprint density at radius 1 is 1.30 bits per heavy atom. The van der Waals surface area contributed by atoms with Crippen LogP contribution in [-0.4, -0.2) is 16.5 Å². The molecule has 110 valence electrons. The number of hydrogen-bond acceptors (Lipinski definition) is 6. The smallest absolute Gasteiger partial charge is 0.276 e. The zero-order valence-electron chi connectivity index (χ0n) is 11.5. The molecule has 0 atom stereocenters. The van der Waals surface area contributed by atoms with Gasteiger partial charge in [0.2, 0.25) is 0 Å². The Labute approximate surface area is 118 Å². The van der Waals surface area contributed by atoms with E-state index in [1.54, 1.807) is 0 Å². The summed E-state index contributed by atoms with van der Waals surface area (Å²) in [5.41, 5.74) is 2.33. The minimum atomic E-state index is -0.450. The van der Waals surface area contributed by atoms with Gasteiger partial charge in [-0.15, -0.1) is 0 Å². The third kappa shape index (κ3) is 4.06. The Bertz CT molecular complexity index is 460. The molecule has 0 saturated heterocycles. The molecule has 0 unspecified atom stereocenters. The van der Waals surface area contributed by atoms with Crippen LogP contribution < -0.4 is 16.6 Å². The predicted molar refractivity (Wildman–Crippen MR) is 78.4 cm³/mol. The maximum Gasteiger partial charge on any atom is 0.276 e. The summed E-state index contributed by atoms with van der Waals surface area (Å²) in [6, 6.07) is 2.74. The van der Waals surface area contributed by atoms with Gasteiger partial charge in [0, 0.05) is 6.54 Å². The maximum atomic E-state index is 10.8. The molecule has 1 aliphatic carbocycles. The fraction of sp³-hybridized carbons (Fsp3) is 0.615. The SMILES string of the molecule is NNc1cc([N+](=O)[O-])cc(NCCC2CCCCC2)n1. The van der Waals surface area contributed by atoms with Crippen LogP contribution in [0.1, 0.15) is 38.5 Å². The molecule has 2 rings (SSSR count). The van der Waals surface area contributed by atoms with Gasteiger partial charge in [0.05, 0.1) is 17.1 Å². The lowest BCUT2D eigenvalue weighted by Gasteiger charge is -2.21. The number of hydrogen-bond donors (Lipinski definition) is 3. The van der Waals surface area contributed by atoms with E-state index in [2.05, 4.69) is 15.7 Å². The van der Waals surface area contributed by atoms with Crippen molar-refractivity contribution in [2.45, 2.75) is 38.5 Å². The Morgan fingerprint density at radius 2 is 2.00 bits per heavy atom. The molecule has 1 fully saturated rings. The van der Waals surface area contributed by atoms with Gasteiger partial charge in [-0.2, -0.15) is 0 Å². The van der Waals surface area contributed by atoms with E-state index in [9.17, 15) is 10.1 Å². The molecule has 0 aromatic carbocycles. The predicted octanol–water partition coefficient (Wildman–Crippen LogP) is 2.66.